The highest BCUT2D eigenvalue weighted by atomic mass is 16.5. The van der Waals surface area contributed by atoms with Gasteiger partial charge in [-0.05, 0) is 19.9 Å². The molecule has 1 aromatic rings. The first-order chi connectivity index (χ1) is 7.67. The number of hydrogen-bond acceptors (Lipinski definition) is 2. The van der Waals surface area contributed by atoms with E-state index in [1.54, 1.807) is 7.11 Å². The molecule has 1 unspecified atom stereocenters. The highest BCUT2D eigenvalue weighted by Gasteiger charge is 2.05. The van der Waals surface area contributed by atoms with Gasteiger partial charge in [-0.1, -0.05) is 17.7 Å². The lowest BCUT2D eigenvalue weighted by Crippen LogP contribution is -2.25. The Morgan fingerprint density at radius 2 is 2.25 bits per heavy atom. The molecule has 1 N–H and O–H groups in total. The van der Waals surface area contributed by atoms with Crippen molar-refractivity contribution in [2.45, 2.75) is 32.9 Å². The predicted octanol–water partition coefficient (Wildman–Crippen LogP) is 2.51. The third-order valence-corrected chi connectivity index (χ3v) is 2.50. The van der Waals surface area contributed by atoms with Gasteiger partial charge in [0.15, 0.2) is 0 Å². The van der Waals surface area contributed by atoms with Crippen molar-refractivity contribution in [3.63, 3.8) is 0 Å². The van der Waals surface area contributed by atoms with Crippen LogP contribution in [-0.2, 0) is 6.54 Å². The fraction of sp³-hybridized carbons (Fsp3) is 0.429. The van der Waals surface area contributed by atoms with Gasteiger partial charge in [0.05, 0.1) is 7.11 Å². The predicted molar refractivity (Wildman–Crippen MR) is 67.5 cm³/mol. The third-order valence-electron chi connectivity index (χ3n) is 2.50. The van der Waals surface area contributed by atoms with Crippen LogP contribution in [0.5, 0.6) is 5.75 Å². The van der Waals surface area contributed by atoms with Crippen LogP contribution < -0.4 is 10.1 Å². The first-order valence-corrected chi connectivity index (χ1v) is 5.47. The molecule has 1 aromatic carbocycles. The molecule has 16 heavy (non-hydrogen) atoms. The lowest BCUT2D eigenvalue weighted by atomic mass is 10.1. The minimum Gasteiger partial charge on any atom is -0.496 e. The maximum Gasteiger partial charge on any atom is 0.123 e. The Morgan fingerprint density at radius 3 is 2.88 bits per heavy atom. The minimum absolute atomic E-state index is 0.329. The van der Waals surface area contributed by atoms with Crippen LogP contribution in [0.25, 0.3) is 0 Å². The number of terminal acetylenes is 1. The second kappa shape index (κ2) is 6.19. The van der Waals surface area contributed by atoms with Gasteiger partial charge in [0.1, 0.15) is 5.75 Å². The monoisotopic (exact) mass is 217 g/mol. The molecule has 0 aliphatic heterocycles. The summed E-state index contributed by atoms with van der Waals surface area (Å²) in [6, 6.07) is 6.51. The van der Waals surface area contributed by atoms with Crippen LogP contribution in [0.3, 0.4) is 0 Å². The summed E-state index contributed by atoms with van der Waals surface area (Å²) in [6.07, 6.45) is 6.01. The standard InChI is InChI=1S/C14H19NO/c1-5-6-12(3)15-10-13-9-11(2)7-8-14(13)16-4/h1,7-9,12,15H,6,10H2,2-4H3. The van der Waals surface area contributed by atoms with Gasteiger partial charge in [-0.2, -0.15) is 0 Å². The lowest BCUT2D eigenvalue weighted by molar-refractivity contribution is 0.405. The zero-order chi connectivity index (χ0) is 12.0. The maximum absolute atomic E-state index is 5.31. The molecular formula is C14H19NO. The van der Waals surface area contributed by atoms with Crippen LogP contribution in [0.1, 0.15) is 24.5 Å². The summed E-state index contributed by atoms with van der Waals surface area (Å²) in [4.78, 5) is 0. The van der Waals surface area contributed by atoms with E-state index in [1.165, 1.54) is 11.1 Å². The lowest BCUT2D eigenvalue weighted by Gasteiger charge is -2.13. The second-order valence-electron chi connectivity index (χ2n) is 4.01. The van der Waals surface area contributed by atoms with Crippen molar-refractivity contribution in [3.8, 4) is 18.1 Å². The molecule has 2 heteroatoms. The quantitative estimate of drug-likeness (QED) is 0.765. The molecule has 0 heterocycles. The summed E-state index contributed by atoms with van der Waals surface area (Å²) in [7, 11) is 1.69. The summed E-state index contributed by atoms with van der Waals surface area (Å²) >= 11 is 0. The van der Waals surface area contributed by atoms with E-state index in [0.29, 0.717) is 6.04 Å². The number of methoxy groups -OCH3 is 1. The maximum atomic E-state index is 5.31. The molecule has 2 nitrogen and oxygen atoms in total. The van der Waals surface area contributed by atoms with Crippen molar-refractivity contribution in [2.75, 3.05) is 7.11 Å². The Hall–Kier alpha value is -1.46. The summed E-state index contributed by atoms with van der Waals surface area (Å²) in [6.45, 7) is 4.95. The third kappa shape index (κ3) is 3.60. The zero-order valence-electron chi connectivity index (χ0n) is 10.2. The van der Waals surface area contributed by atoms with E-state index in [0.717, 1.165) is 18.7 Å². The number of benzene rings is 1. The Labute approximate surface area is 98.0 Å². The highest BCUT2D eigenvalue weighted by Crippen LogP contribution is 2.19. The van der Waals surface area contributed by atoms with Gasteiger partial charge in [0.25, 0.3) is 0 Å². The minimum atomic E-state index is 0.329. The first-order valence-electron chi connectivity index (χ1n) is 5.47. The molecule has 0 aliphatic carbocycles. The molecule has 0 fully saturated rings. The van der Waals surface area contributed by atoms with Crippen LogP contribution in [0.2, 0.25) is 0 Å². The average Bonchev–Trinajstić information content (AvgIpc) is 2.27. The molecule has 0 aromatic heterocycles. The molecular weight excluding hydrogens is 198 g/mol. The van der Waals surface area contributed by atoms with Crippen molar-refractivity contribution >= 4 is 0 Å². The van der Waals surface area contributed by atoms with Crippen LogP contribution >= 0.6 is 0 Å². The largest absolute Gasteiger partial charge is 0.496 e. The molecule has 1 rings (SSSR count). The molecule has 1 atom stereocenters. The van der Waals surface area contributed by atoms with Crippen molar-refractivity contribution < 1.29 is 4.74 Å². The summed E-state index contributed by atoms with van der Waals surface area (Å²) in [5.41, 5.74) is 2.41. The van der Waals surface area contributed by atoms with Crippen molar-refractivity contribution in [3.05, 3.63) is 29.3 Å². The Balaban J connectivity index is 2.65. The fourth-order valence-corrected chi connectivity index (χ4v) is 1.58. The van der Waals surface area contributed by atoms with Crippen molar-refractivity contribution in [1.82, 2.24) is 5.32 Å². The Bertz CT molecular complexity index is 379. The van der Waals surface area contributed by atoms with Gasteiger partial charge in [-0.15, -0.1) is 12.3 Å². The van der Waals surface area contributed by atoms with Gasteiger partial charge in [-0.25, -0.2) is 0 Å². The summed E-state index contributed by atoms with van der Waals surface area (Å²) < 4.78 is 5.31. The normalized spacial score (nSPS) is 11.9. The first kappa shape index (κ1) is 12.6. The van der Waals surface area contributed by atoms with Crippen LogP contribution in [-0.4, -0.2) is 13.2 Å². The number of hydrogen-bond donors (Lipinski definition) is 1. The molecule has 0 spiro atoms. The van der Waals surface area contributed by atoms with E-state index in [9.17, 15) is 0 Å². The second-order valence-corrected chi connectivity index (χ2v) is 4.01. The summed E-state index contributed by atoms with van der Waals surface area (Å²) in [5.74, 6) is 3.57. The fourth-order valence-electron chi connectivity index (χ4n) is 1.58. The SMILES string of the molecule is C#CCC(C)NCc1cc(C)ccc1OC. The number of rotatable bonds is 5. The molecule has 0 amide bonds. The van der Waals surface area contributed by atoms with Gasteiger partial charge >= 0.3 is 0 Å². The summed E-state index contributed by atoms with van der Waals surface area (Å²) in [5, 5.41) is 3.38. The van der Waals surface area contributed by atoms with Crippen LogP contribution in [0.4, 0.5) is 0 Å². The topological polar surface area (TPSA) is 21.3 Å². The number of aryl methyl sites for hydroxylation is 1. The average molecular weight is 217 g/mol. The van der Waals surface area contributed by atoms with E-state index in [1.807, 2.05) is 12.1 Å². The van der Waals surface area contributed by atoms with Crippen LogP contribution in [0.15, 0.2) is 18.2 Å². The Morgan fingerprint density at radius 1 is 1.50 bits per heavy atom. The van der Waals surface area contributed by atoms with E-state index in [-0.39, 0.29) is 0 Å². The van der Waals surface area contributed by atoms with Gasteiger partial charge in [0, 0.05) is 24.6 Å². The molecule has 86 valence electrons. The van der Waals surface area contributed by atoms with Crippen molar-refractivity contribution in [1.29, 1.82) is 0 Å². The van der Waals surface area contributed by atoms with E-state index in [2.05, 4.69) is 31.2 Å². The van der Waals surface area contributed by atoms with E-state index in [4.69, 9.17) is 11.2 Å². The van der Waals surface area contributed by atoms with Gasteiger partial charge < -0.3 is 10.1 Å². The highest BCUT2D eigenvalue weighted by molar-refractivity contribution is 5.36. The smallest absolute Gasteiger partial charge is 0.123 e. The Kier molecular flexibility index (Phi) is 4.88. The zero-order valence-corrected chi connectivity index (χ0v) is 10.2. The van der Waals surface area contributed by atoms with E-state index < -0.39 is 0 Å². The van der Waals surface area contributed by atoms with Gasteiger partial charge in [0.2, 0.25) is 0 Å². The van der Waals surface area contributed by atoms with Gasteiger partial charge in [-0.3, -0.25) is 0 Å². The van der Waals surface area contributed by atoms with E-state index >= 15 is 0 Å². The van der Waals surface area contributed by atoms with Crippen LogP contribution in [0, 0.1) is 19.3 Å². The molecule has 0 radical (unpaired) electrons. The molecule has 0 saturated heterocycles. The number of ether oxygens (including phenoxy) is 1. The molecule has 0 bridgehead atoms. The number of nitrogens with one attached hydrogen (secondary N) is 1. The molecule has 0 saturated carbocycles. The molecule has 0 aliphatic rings. The van der Waals surface area contributed by atoms with Crippen molar-refractivity contribution in [2.24, 2.45) is 0 Å².